The summed E-state index contributed by atoms with van der Waals surface area (Å²) in [6, 6.07) is 17.1. The fourth-order valence-electron chi connectivity index (χ4n) is 3.13. The van der Waals surface area contributed by atoms with Crippen molar-refractivity contribution < 1.29 is 14.3 Å². The van der Waals surface area contributed by atoms with E-state index in [1.54, 1.807) is 17.0 Å². The highest BCUT2D eigenvalue weighted by Gasteiger charge is 2.24. The molecule has 1 saturated heterocycles. The molecule has 1 heterocycles. The molecular weight excluding hydrogens is 316 g/mol. The lowest BCUT2D eigenvalue weighted by Gasteiger charge is -2.31. The molecule has 0 spiro atoms. The zero-order chi connectivity index (χ0) is 17.6. The van der Waals surface area contributed by atoms with Crippen molar-refractivity contribution in [3.8, 4) is 0 Å². The number of likely N-dealkylation sites (tertiary alicyclic amines) is 1. The number of rotatable bonds is 4. The molecule has 0 saturated carbocycles. The molecule has 1 aliphatic heterocycles. The Bertz CT molecular complexity index is 720. The minimum absolute atomic E-state index is 0.258. The van der Waals surface area contributed by atoms with Gasteiger partial charge in [-0.3, -0.25) is 4.79 Å². The number of nitrogens with zero attached hydrogens (tertiary/aromatic N) is 1. The molecule has 2 aromatic rings. The summed E-state index contributed by atoms with van der Waals surface area (Å²) in [7, 11) is 0. The van der Waals surface area contributed by atoms with E-state index in [-0.39, 0.29) is 6.09 Å². The Kier molecular flexibility index (Phi) is 5.33. The molecule has 2 amide bonds. The smallest absolute Gasteiger partial charge is 0.410 e. The van der Waals surface area contributed by atoms with Gasteiger partial charge in [-0.2, -0.15) is 0 Å². The summed E-state index contributed by atoms with van der Waals surface area (Å²) in [6.07, 6.45) is 1.51. The number of hydrogen-bond donors (Lipinski definition) is 1. The molecule has 5 heteroatoms. The van der Waals surface area contributed by atoms with E-state index in [9.17, 15) is 9.59 Å². The van der Waals surface area contributed by atoms with E-state index >= 15 is 0 Å². The van der Waals surface area contributed by atoms with Gasteiger partial charge in [0, 0.05) is 18.7 Å². The van der Waals surface area contributed by atoms with E-state index in [0.717, 1.165) is 18.4 Å². The molecule has 130 valence electrons. The second-order valence-corrected chi connectivity index (χ2v) is 6.29. The predicted molar refractivity (Wildman–Crippen MR) is 95.1 cm³/mol. The number of carbonyl (C=O) groups excluding carboxylic acids is 2. The van der Waals surface area contributed by atoms with Gasteiger partial charge in [0.1, 0.15) is 6.61 Å². The van der Waals surface area contributed by atoms with Crippen LogP contribution in [-0.2, 0) is 11.3 Å². The molecule has 0 radical (unpaired) electrons. The molecule has 3 rings (SSSR count). The lowest BCUT2D eigenvalue weighted by Crippen LogP contribution is -2.38. The second-order valence-electron chi connectivity index (χ2n) is 6.29. The highest BCUT2D eigenvalue weighted by Crippen LogP contribution is 2.28. The SMILES string of the molecule is NC(=O)c1ccc(C2CCN(C(=O)OCc3ccccc3)CC2)cc1. The van der Waals surface area contributed by atoms with Crippen molar-refractivity contribution in [2.45, 2.75) is 25.4 Å². The third kappa shape index (κ3) is 4.38. The molecular formula is C20H22N2O3. The van der Waals surface area contributed by atoms with Crippen LogP contribution in [0.25, 0.3) is 0 Å². The predicted octanol–water partition coefficient (Wildman–Crippen LogP) is 3.30. The summed E-state index contributed by atoms with van der Waals surface area (Å²) in [4.78, 5) is 25.1. The summed E-state index contributed by atoms with van der Waals surface area (Å²) in [6.45, 7) is 1.65. The average molecular weight is 338 g/mol. The topological polar surface area (TPSA) is 72.6 Å². The number of amides is 2. The van der Waals surface area contributed by atoms with E-state index in [0.29, 0.717) is 31.2 Å². The summed E-state index contributed by atoms with van der Waals surface area (Å²) >= 11 is 0. The third-order valence-corrected chi connectivity index (χ3v) is 4.62. The van der Waals surface area contributed by atoms with Crippen molar-refractivity contribution in [1.29, 1.82) is 0 Å². The molecule has 1 aliphatic rings. The minimum atomic E-state index is -0.414. The van der Waals surface area contributed by atoms with Gasteiger partial charge in [0.05, 0.1) is 0 Å². The maximum atomic E-state index is 12.2. The van der Waals surface area contributed by atoms with Crippen LogP contribution in [0.1, 0.15) is 40.2 Å². The average Bonchev–Trinajstić information content (AvgIpc) is 2.67. The number of piperidine rings is 1. The van der Waals surface area contributed by atoms with Crippen molar-refractivity contribution in [1.82, 2.24) is 4.90 Å². The molecule has 0 atom stereocenters. The zero-order valence-electron chi connectivity index (χ0n) is 14.1. The minimum Gasteiger partial charge on any atom is -0.445 e. The molecule has 0 bridgehead atoms. The van der Waals surface area contributed by atoms with Crippen LogP contribution in [-0.4, -0.2) is 30.0 Å². The number of primary amides is 1. The van der Waals surface area contributed by atoms with Crippen molar-refractivity contribution in [2.75, 3.05) is 13.1 Å². The van der Waals surface area contributed by atoms with Crippen LogP contribution >= 0.6 is 0 Å². The van der Waals surface area contributed by atoms with Crippen LogP contribution in [0.2, 0.25) is 0 Å². The lowest BCUT2D eigenvalue weighted by atomic mass is 9.89. The van der Waals surface area contributed by atoms with Gasteiger partial charge in [-0.15, -0.1) is 0 Å². The lowest BCUT2D eigenvalue weighted by molar-refractivity contribution is 0.0869. The quantitative estimate of drug-likeness (QED) is 0.929. The first-order chi connectivity index (χ1) is 12.1. The maximum absolute atomic E-state index is 12.2. The zero-order valence-corrected chi connectivity index (χ0v) is 14.1. The number of nitrogens with two attached hydrogens (primary N) is 1. The van der Waals surface area contributed by atoms with Crippen LogP contribution in [0.3, 0.4) is 0 Å². The van der Waals surface area contributed by atoms with Gasteiger partial charge in [0.25, 0.3) is 0 Å². The van der Waals surface area contributed by atoms with Crippen LogP contribution < -0.4 is 5.73 Å². The molecule has 0 aliphatic carbocycles. The molecule has 25 heavy (non-hydrogen) atoms. The summed E-state index contributed by atoms with van der Waals surface area (Å²) in [5, 5.41) is 0. The fourth-order valence-corrected chi connectivity index (χ4v) is 3.13. The Balaban J connectivity index is 1.49. The summed E-state index contributed by atoms with van der Waals surface area (Å²) in [5.74, 6) is -0.0253. The summed E-state index contributed by atoms with van der Waals surface area (Å²) < 4.78 is 5.39. The second kappa shape index (κ2) is 7.83. The normalized spacial score (nSPS) is 15.0. The van der Waals surface area contributed by atoms with Gasteiger partial charge in [0.2, 0.25) is 5.91 Å². The van der Waals surface area contributed by atoms with Crippen LogP contribution in [0, 0.1) is 0 Å². The first-order valence-corrected chi connectivity index (χ1v) is 8.49. The van der Waals surface area contributed by atoms with E-state index in [1.807, 2.05) is 42.5 Å². The maximum Gasteiger partial charge on any atom is 0.410 e. The Morgan fingerprint density at radius 2 is 1.64 bits per heavy atom. The highest BCUT2D eigenvalue weighted by molar-refractivity contribution is 5.92. The Labute approximate surface area is 147 Å². The van der Waals surface area contributed by atoms with E-state index in [1.165, 1.54) is 5.56 Å². The van der Waals surface area contributed by atoms with Gasteiger partial charge in [0.15, 0.2) is 0 Å². The van der Waals surface area contributed by atoms with Crippen molar-refractivity contribution >= 4 is 12.0 Å². The highest BCUT2D eigenvalue weighted by atomic mass is 16.6. The van der Waals surface area contributed by atoms with Crippen molar-refractivity contribution in [2.24, 2.45) is 5.73 Å². The third-order valence-electron chi connectivity index (χ3n) is 4.62. The fraction of sp³-hybridized carbons (Fsp3) is 0.300. The van der Waals surface area contributed by atoms with Gasteiger partial charge in [-0.25, -0.2) is 4.79 Å². The first-order valence-electron chi connectivity index (χ1n) is 8.49. The van der Waals surface area contributed by atoms with Gasteiger partial charge in [-0.05, 0) is 42.0 Å². The molecule has 2 N–H and O–H groups in total. The number of hydrogen-bond acceptors (Lipinski definition) is 3. The molecule has 0 aromatic heterocycles. The van der Waals surface area contributed by atoms with E-state index in [4.69, 9.17) is 10.5 Å². The number of ether oxygens (including phenoxy) is 1. The standard InChI is InChI=1S/C20H22N2O3/c21-19(23)18-8-6-16(7-9-18)17-10-12-22(13-11-17)20(24)25-14-15-4-2-1-3-5-15/h1-9,17H,10-14H2,(H2,21,23). The molecule has 2 aromatic carbocycles. The van der Waals surface area contributed by atoms with Gasteiger partial charge in [-0.1, -0.05) is 42.5 Å². The Morgan fingerprint density at radius 3 is 2.24 bits per heavy atom. The number of benzene rings is 2. The monoisotopic (exact) mass is 338 g/mol. The van der Waals surface area contributed by atoms with Crippen LogP contribution in [0.5, 0.6) is 0 Å². The number of carbonyl (C=O) groups is 2. The summed E-state index contributed by atoms with van der Waals surface area (Å²) in [5.41, 5.74) is 7.96. The largest absolute Gasteiger partial charge is 0.445 e. The van der Waals surface area contributed by atoms with Crippen LogP contribution in [0.4, 0.5) is 4.79 Å². The van der Waals surface area contributed by atoms with Crippen molar-refractivity contribution in [3.05, 3.63) is 71.3 Å². The Hall–Kier alpha value is -2.82. The molecule has 1 fully saturated rings. The van der Waals surface area contributed by atoms with Gasteiger partial charge >= 0.3 is 6.09 Å². The van der Waals surface area contributed by atoms with E-state index in [2.05, 4.69) is 0 Å². The molecule has 5 nitrogen and oxygen atoms in total. The molecule has 0 unspecified atom stereocenters. The van der Waals surface area contributed by atoms with Gasteiger partial charge < -0.3 is 15.4 Å². The first kappa shape index (κ1) is 17.0. The van der Waals surface area contributed by atoms with E-state index < -0.39 is 5.91 Å². The van der Waals surface area contributed by atoms with Crippen molar-refractivity contribution in [3.63, 3.8) is 0 Å². The van der Waals surface area contributed by atoms with Crippen LogP contribution in [0.15, 0.2) is 54.6 Å². The Morgan fingerprint density at radius 1 is 1.00 bits per heavy atom.